The molecule has 0 unspecified atom stereocenters. The Bertz CT molecular complexity index is 1110. The minimum absolute atomic E-state index is 0.0854. The third-order valence-electron chi connectivity index (χ3n) is 4.85. The van der Waals surface area contributed by atoms with E-state index in [1.54, 1.807) is 6.08 Å². The fourth-order valence-electron chi connectivity index (χ4n) is 3.35. The van der Waals surface area contributed by atoms with Crippen molar-refractivity contribution in [2.45, 2.75) is 26.8 Å². The van der Waals surface area contributed by atoms with Gasteiger partial charge in [-0.15, -0.1) is 0 Å². The van der Waals surface area contributed by atoms with E-state index in [-0.39, 0.29) is 17.5 Å². The standard InChI is InChI=1S/C24H22BrN3O/c1-16-12-20(18(3)28(16)23-11-7-10-22(25)14-23)13-21(15-26)24(29)27-17(2)19-8-5-4-6-9-19/h4-14,17H,1-3H3,(H,27,29)/b21-13-/t17-/m1/s1. The molecule has 0 aliphatic heterocycles. The second-order valence-corrected chi connectivity index (χ2v) is 7.83. The van der Waals surface area contributed by atoms with Gasteiger partial charge in [0, 0.05) is 21.5 Å². The molecule has 1 aromatic heterocycles. The molecule has 0 radical (unpaired) electrons. The monoisotopic (exact) mass is 447 g/mol. The van der Waals surface area contributed by atoms with E-state index in [9.17, 15) is 10.1 Å². The Morgan fingerprint density at radius 3 is 2.52 bits per heavy atom. The van der Waals surface area contributed by atoms with Gasteiger partial charge in [0.2, 0.25) is 0 Å². The maximum atomic E-state index is 12.7. The first kappa shape index (κ1) is 20.6. The molecule has 1 heterocycles. The van der Waals surface area contributed by atoms with E-state index >= 15 is 0 Å². The van der Waals surface area contributed by atoms with Gasteiger partial charge in [-0.2, -0.15) is 5.26 Å². The van der Waals surface area contributed by atoms with Crippen molar-refractivity contribution in [3.8, 4) is 11.8 Å². The predicted molar refractivity (Wildman–Crippen MR) is 120 cm³/mol. The summed E-state index contributed by atoms with van der Waals surface area (Å²) in [5.74, 6) is -0.379. The second-order valence-electron chi connectivity index (χ2n) is 6.92. The van der Waals surface area contributed by atoms with E-state index in [0.717, 1.165) is 32.7 Å². The molecule has 0 aliphatic carbocycles. The van der Waals surface area contributed by atoms with Crippen LogP contribution < -0.4 is 5.32 Å². The van der Waals surface area contributed by atoms with Crippen LogP contribution in [0.5, 0.6) is 0 Å². The number of aromatic nitrogens is 1. The minimum Gasteiger partial charge on any atom is -0.345 e. The smallest absolute Gasteiger partial charge is 0.262 e. The highest BCUT2D eigenvalue weighted by atomic mass is 79.9. The Morgan fingerprint density at radius 1 is 1.14 bits per heavy atom. The number of carbonyl (C=O) groups excluding carboxylic acids is 1. The van der Waals surface area contributed by atoms with Crippen LogP contribution in [0.1, 0.15) is 35.5 Å². The van der Waals surface area contributed by atoms with Crippen LogP contribution in [-0.4, -0.2) is 10.5 Å². The van der Waals surface area contributed by atoms with Gasteiger partial charge in [0.25, 0.3) is 5.91 Å². The Hall–Kier alpha value is -3.10. The van der Waals surface area contributed by atoms with Crippen LogP contribution in [0.15, 0.2) is 70.7 Å². The number of nitrogens with zero attached hydrogens (tertiary/aromatic N) is 2. The Labute approximate surface area is 179 Å². The highest BCUT2D eigenvalue weighted by Gasteiger charge is 2.16. The van der Waals surface area contributed by atoms with Gasteiger partial charge in [-0.1, -0.05) is 52.3 Å². The van der Waals surface area contributed by atoms with Gasteiger partial charge in [0.1, 0.15) is 11.6 Å². The molecule has 146 valence electrons. The highest BCUT2D eigenvalue weighted by Crippen LogP contribution is 2.25. The Morgan fingerprint density at radius 2 is 1.86 bits per heavy atom. The van der Waals surface area contributed by atoms with E-state index in [2.05, 4.69) is 25.8 Å². The fourth-order valence-corrected chi connectivity index (χ4v) is 3.74. The fraction of sp³-hybridized carbons (Fsp3) is 0.167. The molecule has 29 heavy (non-hydrogen) atoms. The zero-order valence-electron chi connectivity index (χ0n) is 16.6. The molecular formula is C24H22BrN3O. The number of benzene rings is 2. The first-order chi connectivity index (χ1) is 13.9. The zero-order chi connectivity index (χ0) is 21.0. The number of hydrogen-bond acceptors (Lipinski definition) is 2. The molecule has 0 fully saturated rings. The van der Waals surface area contributed by atoms with Crippen LogP contribution in [0, 0.1) is 25.2 Å². The average molecular weight is 448 g/mol. The molecular weight excluding hydrogens is 426 g/mol. The molecule has 5 heteroatoms. The van der Waals surface area contributed by atoms with Gasteiger partial charge < -0.3 is 9.88 Å². The molecule has 3 aromatic rings. The average Bonchev–Trinajstić information content (AvgIpc) is 2.99. The number of nitriles is 1. The lowest BCUT2D eigenvalue weighted by Crippen LogP contribution is -2.27. The van der Waals surface area contributed by atoms with Crippen molar-refractivity contribution in [1.29, 1.82) is 5.26 Å². The summed E-state index contributed by atoms with van der Waals surface area (Å²) in [4.78, 5) is 12.7. The predicted octanol–water partition coefficient (Wildman–Crippen LogP) is 5.64. The SMILES string of the molecule is Cc1cc(/C=C(/C#N)C(=O)N[C@H](C)c2ccccc2)c(C)n1-c1cccc(Br)c1. The number of carbonyl (C=O) groups is 1. The van der Waals surface area contributed by atoms with Gasteiger partial charge in [0.05, 0.1) is 6.04 Å². The number of aryl methyl sites for hydroxylation is 1. The molecule has 1 amide bonds. The van der Waals surface area contributed by atoms with Crippen LogP contribution in [0.3, 0.4) is 0 Å². The summed E-state index contributed by atoms with van der Waals surface area (Å²) in [6.07, 6.45) is 1.66. The van der Waals surface area contributed by atoms with Crippen LogP contribution in [0.4, 0.5) is 0 Å². The maximum Gasteiger partial charge on any atom is 0.262 e. The van der Waals surface area contributed by atoms with Crippen molar-refractivity contribution in [3.05, 3.63) is 93.2 Å². The van der Waals surface area contributed by atoms with Crippen LogP contribution in [-0.2, 0) is 4.79 Å². The molecule has 2 aromatic carbocycles. The van der Waals surface area contributed by atoms with Crippen LogP contribution >= 0.6 is 15.9 Å². The van der Waals surface area contributed by atoms with Crippen molar-refractivity contribution in [2.75, 3.05) is 0 Å². The lowest BCUT2D eigenvalue weighted by Gasteiger charge is -2.13. The summed E-state index contributed by atoms with van der Waals surface area (Å²) >= 11 is 3.51. The summed E-state index contributed by atoms with van der Waals surface area (Å²) in [7, 11) is 0. The minimum atomic E-state index is -0.379. The van der Waals surface area contributed by atoms with Gasteiger partial charge >= 0.3 is 0 Å². The summed E-state index contributed by atoms with van der Waals surface area (Å²) in [6, 6.07) is 21.5. The Kier molecular flexibility index (Phi) is 6.36. The number of hydrogen-bond donors (Lipinski definition) is 1. The highest BCUT2D eigenvalue weighted by molar-refractivity contribution is 9.10. The lowest BCUT2D eigenvalue weighted by atomic mass is 10.1. The van der Waals surface area contributed by atoms with Crippen molar-refractivity contribution >= 4 is 27.9 Å². The van der Waals surface area contributed by atoms with Crippen molar-refractivity contribution in [2.24, 2.45) is 0 Å². The number of rotatable bonds is 5. The number of halogens is 1. The molecule has 0 bridgehead atoms. The maximum absolute atomic E-state index is 12.7. The molecule has 1 N–H and O–H groups in total. The number of amides is 1. The molecule has 0 spiro atoms. The molecule has 0 aliphatic rings. The zero-order valence-corrected chi connectivity index (χ0v) is 18.2. The van der Waals surface area contributed by atoms with E-state index in [4.69, 9.17) is 0 Å². The van der Waals surface area contributed by atoms with Crippen LogP contribution in [0.25, 0.3) is 11.8 Å². The lowest BCUT2D eigenvalue weighted by molar-refractivity contribution is -0.117. The van der Waals surface area contributed by atoms with E-state index in [1.165, 1.54) is 0 Å². The largest absolute Gasteiger partial charge is 0.345 e. The molecule has 0 saturated carbocycles. The third kappa shape index (κ3) is 4.67. The van der Waals surface area contributed by atoms with Crippen molar-refractivity contribution in [1.82, 2.24) is 9.88 Å². The molecule has 1 atom stereocenters. The third-order valence-corrected chi connectivity index (χ3v) is 5.34. The van der Waals surface area contributed by atoms with E-state index in [0.29, 0.717) is 0 Å². The number of nitrogens with one attached hydrogen (secondary N) is 1. The first-order valence-electron chi connectivity index (χ1n) is 9.33. The molecule has 0 saturated heterocycles. The Balaban J connectivity index is 1.89. The second kappa shape index (κ2) is 8.93. The molecule has 4 nitrogen and oxygen atoms in total. The summed E-state index contributed by atoms with van der Waals surface area (Å²) < 4.78 is 3.10. The van der Waals surface area contributed by atoms with Gasteiger partial charge in [-0.3, -0.25) is 4.79 Å². The van der Waals surface area contributed by atoms with E-state index < -0.39 is 0 Å². The first-order valence-corrected chi connectivity index (χ1v) is 10.1. The van der Waals surface area contributed by atoms with Crippen LogP contribution in [0.2, 0.25) is 0 Å². The van der Waals surface area contributed by atoms with Gasteiger partial charge in [-0.25, -0.2) is 0 Å². The topological polar surface area (TPSA) is 57.8 Å². The quantitative estimate of drug-likeness (QED) is 0.406. The van der Waals surface area contributed by atoms with Crippen molar-refractivity contribution < 1.29 is 4.79 Å². The van der Waals surface area contributed by atoms with Crippen molar-refractivity contribution in [3.63, 3.8) is 0 Å². The van der Waals surface area contributed by atoms with Gasteiger partial charge in [0.15, 0.2) is 0 Å². The normalized spacial score (nSPS) is 12.3. The summed E-state index contributed by atoms with van der Waals surface area (Å²) in [5.41, 5.74) is 4.95. The van der Waals surface area contributed by atoms with E-state index in [1.807, 2.05) is 87.5 Å². The summed E-state index contributed by atoms with van der Waals surface area (Å²) in [5, 5.41) is 12.5. The summed E-state index contributed by atoms with van der Waals surface area (Å²) in [6.45, 7) is 5.90. The van der Waals surface area contributed by atoms with Gasteiger partial charge in [-0.05, 0) is 62.2 Å². The molecule has 3 rings (SSSR count).